The molecule has 0 bridgehead atoms. The Morgan fingerprint density at radius 1 is 1.12 bits per heavy atom. The van der Waals surface area contributed by atoms with E-state index in [1.54, 1.807) is 16.7 Å². The van der Waals surface area contributed by atoms with Gasteiger partial charge >= 0.3 is 0 Å². The van der Waals surface area contributed by atoms with Gasteiger partial charge in [0.2, 0.25) is 5.91 Å². The summed E-state index contributed by atoms with van der Waals surface area (Å²) in [6.07, 6.45) is 0.376. The van der Waals surface area contributed by atoms with Crippen LogP contribution in [0, 0.1) is 6.92 Å². The van der Waals surface area contributed by atoms with Crippen molar-refractivity contribution in [1.82, 2.24) is 4.90 Å². The van der Waals surface area contributed by atoms with Gasteiger partial charge in [-0.25, -0.2) is 0 Å². The van der Waals surface area contributed by atoms with Crippen molar-refractivity contribution < 1.29 is 4.79 Å². The number of amidine groups is 1. The second-order valence-electron chi connectivity index (χ2n) is 5.79. The van der Waals surface area contributed by atoms with E-state index in [4.69, 9.17) is 11.6 Å². The number of hydrogen-bond donors (Lipinski definition) is 0. The van der Waals surface area contributed by atoms with Gasteiger partial charge in [-0.05, 0) is 30.2 Å². The lowest BCUT2D eigenvalue weighted by Gasteiger charge is -2.18. The summed E-state index contributed by atoms with van der Waals surface area (Å²) < 4.78 is 0. The maximum absolute atomic E-state index is 12.6. The zero-order valence-electron chi connectivity index (χ0n) is 13.5. The Hall–Kier alpha value is -1.78. The molecular formula is C19H19ClN2OS. The number of amides is 1. The van der Waals surface area contributed by atoms with Gasteiger partial charge < -0.3 is 0 Å². The SMILES string of the molecule is Cc1ccc(CSC2=NCCN2C(=O)Cc2ccc(Cl)cc2)cc1. The number of hydrogen-bond acceptors (Lipinski definition) is 3. The van der Waals surface area contributed by atoms with Crippen LogP contribution in [0.3, 0.4) is 0 Å². The van der Waals surface area contributed by atoms with Crippen LogP contribution in [-0.2, 0) is 17.0 Å². The quantitative estimate of drug-likeness (QED) is 0.815. The summed E-state index contributed by atoms with van der Waals surface area (Å²) in [5, 5.41) is 1.51. The van der Waals surface area contributed by atoms with Crippen LogP contribution < -0.4 is 0 Å². The lowest BCUT2D eigenvalue weighted by molar-refractivity contribution is -0.126. The van der Waals surface area contributed by atoms with Crippen LogP contribution in [0.15, 0.2) is 53.5 Å². The minimum Gasteiger partial charge on any atom is -0.289 e. The highest BCUT2D eigenvalue weighted by Gasteiger charge is 2.24. The molecule has 0 atom stereocenters. The number of aliphatic imine (C=N–C) groups is 1. The minimum atomic E-state index is 0.0879. The lowest BCUT2D eigenvalue weighted by atomic mass is 10.1. The van der Waals surface area contributed by atoms with Gasteiger partial charge in [0.25, 0.3) is 0 Å². The third kappa shape index (κ3) is 4.40. The van der Waals surface area contributed by atoms with E-state index in [0.29, 0.717) is 24.5 Å². The van der Waals surface area contributed by atoms with Gasteiger partial charge in [0, 0.05) is 17.3 Å². The standard InChI is InChI=1S/C19H19ClN2OS/c1-14-2-4-16(5-3-14)13-24-19-21-10-11-22(19)18(23)12-15-6-8-17(20)9-7-15/h2-9H,10-13H2,1H3. The highest BCUT2D eigenvalue weighted by atomic mass is 35.5. The van der Waals surface area contributed by atoms with Crippen LogP contribution in [0.2, 0.25) is 5.02 Å². The van der Waals surface area contributed by atoms with Crippen molar-refractivity contribution in [2.24, 2.45) is 4.99 Å². The zero-order chi connectivity index (χ0) is 16.9. The first kappa shape index (κ1) is 17.1. The van der Waals surface area contributed by atoms with Crippen molar-refractivity contribution in [2.75, 3.05) is 13.1 Å². The van der Waals surface area contributed by atoms with Crippen LogP contribution in [-0.4, -0.2) is 29.1 Å². The summed E-state index contributed by atoms with van der Waals surface area (Å²) in [5.41, 5.74) is 3.46. The number of halogens is 1. The van der Waals surface area contributed by atoms with Gasteiger partial charge in [-0.2, -0.15) is 0 Å². The molecule has 0 aromatic heterocycles. The maximum atomic E-state index is 12.6. The molecule has 0 N–H and O–H groups in total. The van der Waals surface area contributed by atoms with E-state index in [9.17, 15) is 4.79 Å². The van der Waals surface area contributed by atoms with Crippen molar-refractivity contribution in [2.45, 2.75) is 19.1 Å². The molecule has 0 unspecified atom stereocenters. The first-order valence-corrected chi connectivity index (χ1v) is 9.26. The molecule has 1 heterocycles. The highest BCUT2D eigenvalue weighted by molar-refractivity contribution is 8.13. The Morgan fingerprint density at radius 2 is 1.79 bits per heavy atom. The zero-order valence-corrected chi connectivity index (χ0v) is 15.1. The number of carbonyl (C=O) groups excluding carboxylic acids is 1. The molecule has 0 radical (unpaired) electrons. The first-order valence-electron chi connectivity index (χ1n) is 7.89. The molecule has 2 aromatic rings. The fraction of sp³-hybridized carbons (Fsp3) is 0.263. The lowest BCUT2D eigenvalue weighted by Crippen LogP contribution is -2.34. The van der Waals surface area contributed by atoms with E-state index < -0.39 is 0 Å². The normalized spacial score (nSPS) is 13.9. The van der Waals surface area contributed by atoms with Gasteiger partial charge in [0.05, 0.1) is 13.0 Å². The molecule has 0 spiro atoms. The summed E-state index contributed by atoms with van der Waals surface area (Å²) in [4.78, 5) is 18.9. The predicted molar refractivity (Wildman–Crippen MR) is 102 cm³/mol. The number of carbonyl (C=O) groups is 1. The molecule has 2 aromatic carbocycles. The fourth-order valence-corrected chi connectivity index (χ4v) is 3.63. The first-order chi connectivity index (χ1) is 11.6. The van der Waals surface area contributed by atoms with Crippen LogP contribution in [0.4, 0.5) is 0 Å². The van der Waals surface area contributed by atoms with E-state index in [-0.39, 0.29) is 5.91 Å². The molecule has 124 valence electrons. The average molecular weight is 359 g/mol. The van der Waals surface area contributed by atoms with Crippen molar-refractivity contribution >= 4 is 34.4 Å². The molecule has 24 heavy (non-hydrogen) atoms. The molecule has 1 aliphatic rings. The number of thioether (sulfide) groups is 1. The fourth-order valence-electron chi connectivity index (χ4n) is 2.49. The van der Waals surface area contributed by atoms with Gasteiger partial charge in [0.15, 0.2) is 5.17 Å². The van der Waals surface area contributed by atoms with Crippen molar-refractivity contribution in [3.63, 3.8) is 0 Å². The number of benzene rings is 2. The number of nitrogens with zero attached hydrogens (tertiary/aromatic N) is 2. The predicted octanol–water partition coefficient (Wildman–Crippen LogP) is 4.32. The Bertz CT molecular complexity index is 741. The van der Waals surface area contributed by atoms with Crippen LogP contribution in [0.25, 0.3) is 0 Å². The van der Waals surface area contributed by atoms with Crippen LogP contribution in [0.1, 0.15) is 16.7 Å². The van der Waals surface area contributed by atoms with Gasteiger partial charge in [-0.15, -0.1) is 0 Å². The largest absolute Gasteiger partial charge is 0.289 e. The maximum Gasteiger partial charge on any atom is 0.233 e. The second-order valence-corrected chi connectivity index (χ2v) is 7.17. The Morgan fingerprint density at radius 3 is 2.50 bits per heavy atom. The molecule has 1 aliphatic heterocycles. The Balaban J connectivity index is 1.59. The van der Waals surface area contributed by atoms with E-state index in [0.717, 1.165) is 16.5 Å². The molecule has 0 saturated heterocycles. The molecule has 5 heteroatoms. The smallest absolute Gasteiger partial charge is 0.233 e. The van der Waals surface area contributed by atoms with Gasteiger partial charge in [0.1, 0.15) is 0 Å². The third-order valence-electron chi connectivity index (χ3n) is 3.86. The van der Waals surface area contributed by atoms with Crippen molar-refractivity contribution in [3.8, 4) is 0 Å². The second kappa shape index (κ2) is 7.86. The van der Waals surface area contributed by atoms with E-state index in [2.05, 4.69) is 36.2 Å². The summed E-state index contributed by atoms with van der Waals surface area (Å²) >= 11 is 7.52. The van der Waals surface area contributed by atoms with Gasteiger partial charge in [-0.1, -0.05) is 65.3 Å². The molecule has 0 aliphatic carbocycles. The molecule has 0 fully saturated rings. The van der Waals surface area contributed by atoms with Crippen LogP contribution in [0.5, 0.6) is 0 Å². The van der Waals surface area contributed by atoms with Crippen LogP contribution >= 0.6 is 23.4 Å². The topological polar surface area (TPSA) is 32.7 Å². The molecule has 3 rings (SSSR count). The number of rotatable bonds is 4. The third-order valence-corrected chi connectivity index (χ3v) is 5.20. The van der Waals surface area contributed by atoms with Gasteiger partial charge in [-0.3, -0.25) is 14.7 Å². The average Bonchev–Trinajstić information content (AvgIpc) is 3.05. The molecule has 3 nitrogen and oxygen atoms in total. The van der Waals surface area contributed by atoms with E-state index in [1.165, 1.54) is 11.1 Å². The van der Waals surface area contributed by atoms with E-state index in [1.807, 2.05) is 24.3 Å². The molecular weight excluding hydrogens is 340 g/mol. The minimum absolute atomic E-state index is 0.0879. The summed E-state index contributed by atoms with van der Waals surface area (Å²) in [7, 11) is 0. The Kier molecular flexibility index (Phi) is 5.59. The molecule has 0 saturated carbocycles. The van der Waals surface area contributed by atoms with Crippen molar-refractivity contribution in [1.29, 1.82) is 0 Å². The highest BCUT2D eigenvalue weighted by Crippen LogP contribution is 2.21. The summed E-state index contributed by atoms with van der Waals surface area (Å²) in [6, 6.07) is 15.9. The Labute approximate surface area is 151 Å². The van der Waals surface area contributed by atoms with E-state index >= 15 is 0 Å². The van der Waals surface area contributed by atoms with Crippen molar-refractivity contribution in [3.05, 3.63) is 70.2 Å². The summed E-state index contributed by atoms with van der Waals surface area (Å²) in [6.45, 7) is 3.43. The summed E-state index contributed by atoms with van der Waals surface area (Å²) in [5.74, 6) is 0.911. The monoisotopic (exact) mass is 358 g/mol. The number of aryl methyl sites for hydroxylation is 1. The molecule has 1 amide bonds.